The van der Waals surface area contributed by atoms with Crippen LogP contribution in [0.3, 0.4) is 0 Å². The van der Waals surface area contributed by atoms with E-state index in [4.69, 9.17) is 0 Å². The first kappa shape index (κ1) is 13.0. The molecule has 0 aliphatic rings. The van der Waals surface area contributed by atoms with Gasteiger partial charge in [-0.05, 0) is 17.7 Å². The molecule has 0 spiro atoms. The highest BCUT2D eigenvalue weighted by Crippen LogP contribution is 2.36. The fraction of sp³-hybridized carbons (Fsp3) is 0.154. The molecule has 0 fully saturated rings. The van der Waals surface area contributed by atoms with Crippen LogP contribution in [0.15, 0.2) is 53.7 Å². The van der Waals surface area contributed by atoms with E-state index < -0.39 is 11.7 Å². The number of halogens is 3. The van der Waals surface area contributed by atoms with E-state index in [0.717, 1.165) is 23.4 Å². The molecule has 1 heterocycles. The molecule has 18 heavy (non-hydrogen) atoms. The molecule has 0 bridgehead atoms. The SMILES string of the molecule is FC(F)(F)c1cccnc1SCc1ccccc1. The zero-order chi connectivity index (χ0) is 13.0. The van der Waals surface area contributed by atoms with Gasteiger partial charge in [0, 0.05) is 11.9 Å². The molecule has 0 radical (unpaired) electrons. The topological polar surface area (TPSA) is 12.9 Å². The summed E-state index contributed by atoms with van der Waals surface area (Å²) in [4.78, 5) is 3.80. The summed E-state index contributed by atoms with van der Waals surface area (Å²) in [5.74, 6) is 0.473. The smallest absolute Gasteiger partial charge is 0.249 e. The normalized spacial score (nSPS) is 11.5. The molecule has 1 aromatic carbocycles. The Balaban J connectivity index is 2.15. The molecule has 0 aliphatic carbocycles. The molecule has 0 saturated carbocycles. The molecule has 2 aromatic rings. The van der Waals surface area contributed by atoms with Crippen molar-refractivity contribution in [2.24, 2.45) is 0 Å². The Kier molecular flexibility index (Phi) is 3.91. The van der Waals surface area contributed by atoms with Crippen molar-refractivity contribution < 1.29 is 13.2 Å². The summed E-state index contributed by atoms with van der Waals surface area (Å²) in [6.45, 7) is 0. The molecule has 1 aromatic heterocycles. The third-order valence-corrected chi connectivity index (χ3v) is 3.37. The van der Waals surface area contributed by atoms with E-state index in [-0.39, 0.29) is 5.03 Å². The minimum Gasteiger partial charge on any atom is -0.249 e. The highest BCUT2D eigenvalue weighted by atomic mass is 32.2. The molecule has 94 valence electrons. The number of alkyl halides is 3. The Hall–Kier alpha value is -1.49. The zero-order valence-corrected chi connectivity index (χ0v) is 10.1. The van der Waals surface area contributed by atoms with Crippen molar-refractivity contribution in [3.63, 3.8) is 0 Å². The molecular formula is C13H10F3NS. The average molecular weight is 269 g/mol. The summed E-state index contributed by atoms with van der Waals surface area (Å²) in [5, 5.41) is 0.0221. The molecule has 0 unspecified atom stereocenters. The number of hydrogen-bond acceptors (Lipinski definition) is 2. The van der Waals surface area contributed by atoms with Crippen LogP contribution in [0.2, 0.25) is 0 Å². The standard InChI is InChI=1S/C13H10F3NS/c14-13(15,16)11-7-4-8-17-12(11)18-9-10-5-2-1-3-6-10/h1-8H,9H2. The van der Waals surface area contributed by atoms with Crippen molar-refractivity contribution in [1.82, 2.24) is 4.98 Å². The van der Waals surface area contributed by atoms with Crippen LogP contribution in [0.5, 0.6) is 0 Å². The van der Waals surface area contributed by atoms with Gasteiger partial charge in [-0.25, -0.2) is 4.98 Å². The minimum absolute atomic E-state index is 0.0221. The Morgan fingerprint density at radius 3 is 2.39 bits per heavy atom. The van der Waals surface area contributed by atoms with Crippen LogP contribution in [0.25, 0.3) is 0 Å². The number of thioether (sulfide) groups is 1. The summed E-state index contributed by atoms with van der Waals surface area (Å²) >= 11 is 1.10. The maximum absolute atomic E-state index is 12.7. The van der Waals surface area contributed by atoms with Gasteiger partial charge in [-0.2, -0.15) is 13.2 Å². The monoisotopic (exact) mass is 269 g/mol. The number of aromatic nitrogens is 1. The lowest BCUT2D eigenvalue weighted by molar-refractivity contribution is -0.140. The van der Waals surface area contributed by atoms with Crippen molar-refractivity contribution in [1.29, 1.82) is 0 Å². The first-order valence-electron chi connectivity index (χ1n) is 5.26. The molecule has 5 heteroatoms. The zero-order valence-electron chi connectivity index (χ0n) is 9.32. The van der Waals surface area contributed by atoms with Crippen LogP contribution in [0.4, 0.5) is 13.2 Å². The first-order valence-corrected chi connectivity index (χ1v) is 6.25. The summed E-state index contributed by atoms with van der Waals surface area (Å²) < 4.78 is 38.2. The van der Waals surface area contributed by atoms with Crippen LogP contribution in [-0.4, -0.2) is 4.98 Å². The predicted molar refractivity (Wildman–Crippen MR) is 65.2 cm³/mol. The number of nitrogens with zero attached hydrogens (tertiary/aromatic N) is 1. The van der Waals surface area contributed by atoms with Gasteiger partial charge in [0.15, 0.2) is 0 Å². The van der Waals surface area contributed by atoms with Gasteiger partial charge in [-0.15, -0.1) is 11.8 Å². The summed E-state index contributed by atoms with van der Waals surface area (Å²) in [5.41, 5.74) is 0.298. The highest BCUT2D eigenvalue weighted by molar-refractivity contribution is 7.98. The Morgan fingerprint density at radius 2 is 1.72 bits per heavy atom. The molecule has 2 rings (SSSR count). The van der Waals surface area contributed by atoms with E-state index in [1.54, 1.807) is 0 Å². The van der Waals surface area contributed by atoms with Gasteiger partial charge in [0.05, 0.1) is 5.56 Å². The van der Waals surface area contributed by atoms with Crippen molar-refractivity contribution in [3.05, 3.63) is 59.8 Å². The van der Waals surface area contributed by atoms with Gasteiger partial charge in [0.25, 0.3) is 0 Å². The maximum Gasteiger partial charge on any atom is 0.419 e. The highest BCUT2D eigenvalue weighted by Gasteiger charge is 2.33. The fourth-order valence-corrected chi connectivity index (χ4v) is 2.42. The summed E-state index contributed by atoms with van der Waals surface area (Å²) in [6, 6.07) is 11.7. The average Bonchev–Trinajstić information content (AvgIpc) is 2.37. The van der Waals surface area contributed by atoms with Crippen LogP contribution in [-0.2, 0) is 11.9 Å². The van der Waals surface area contributed by atoms with E-state index in [2.05, 4.69) is 4.98 Å². The quantitative estimate of drug-likeness (QED) is 0.766. The number of hydrogen-bond donors (Lipinski definition) is 0. The van der Waals surface area contributed by atoms with Crippen molar-refractivity contribution in [2.45, 2.75) is 17.0 Å². The van der Waals surface area contributed by atoms with Crippen molar-refractivity contribution in [2.75, 3.05) is 0 Å². The van der Waals surface area contributed by atoms with Crippen molar-refractivity contribution in [3.8, 4) is 0 Å². The third kappa shape index (κ3) is 3.26. The van der Waals surface area contributed by atoms with Crippen LogP contribution < -0.4 is 0 Å². The van der Waals surface area contributed by atoms with Gasteiger partial charge in [0.2, 0.25) is 0 Å². The number of pyridine rings is 1. The van der Waals surface area contributed by atoms with E-state index in [0.29, 0.717) is 5.75 Å². The third-order valence-electron chi connectivity index (χ3n) is 2.29. The van der Waals surface area contributed by atoms with Gasteiger partial charge >= 0.3 is 6.18 Å². The lowest BCUT2D eigenvalue weighted by Crippen LogP contribution is -2.07. The van der Waals surface area contributed by atoms with Gasteiger partial charge in [-0.3, -0.25) is 0 Å². The molecule has 0 saturated heterocycles. The summed E-state index contributed by atoms with van der Waals surface area (Å²) in [7, 11) is 0. The molecular weight excluding hydrogens is 259 g/mol. The summed E-state index contributed by atoms with van der Waals surface area (Å²) in [6.07, 6.45) is -2.98. The molecule has 0 atom stereocenters. The number of benzene rings is 1. The largest absolute Gasteiger partial charge is 0.419 e. The Bertz CT molecular complexity index is 511. The lowest BCUT2D eigenvalue weighted by atomic mass is 10.2. The van der Waals surface area contributed by atoms with Crippen molar-refractivity contribution >= 4 is 11.8 Å². The second-order valence-corrected chi connectivity index (χ2v) is 4.59. The molecule has 0 N–H and O–H groups in total. The van der Waals surface area contributed by atoms with Gasteiger partial charge in [-0.1, -0.05) is 30.3 Å². The van der Waals surface area contributed by atoms with Gasteiger partial charge in [0.1, 0.15) is 5.03 Å². The molecule has 0 amide bonds. The molecule has 1 nitrogen and oxygen atoms in total. The minimum atomic E-state index is -4.35. The van der Waals surface area contributed by atoms with E-state index >= 15 is 0 Å². The fourth-order valence-electron chi connectivity index (χ4n) is 1.45. The lowest BCUT2D eigenvalue weighted by Gasteiger charge is -2.10. The molecule has 0 aliphatic heterocycles. The Morgan fingerprint density at radius 1 is 1.00 bits per heavy atom. The second-order valence-electron chi connectivity index (χ2n) is 3.63. The van der Waals surface area contributed by atoms with E-state index in [1.165, 1.54) is 12.3 Å². The second kappa shape index (κ2) is 5.44. The van der Waals surface area contributed by atoms with Gasteiger partial charge < -0.3 is 0 Å². The van der Waals surface area contributed by atoms with E-state index in [1.807, 2.05) is 30.3 Å². The maximum atomic E-state index is 12.7. The predicted octanol–water partition coefficient (Wildman–Crippen LogP) is 4.39. The van der Waals surface area contributed by atoms with E-state index in [9.17, 15) is 13.2 Å². The van der Waals surface area contributed by atoms with Crippen LogP contribution in [0, 0.1) is 0 Å². The van der Waals surface area contributed by atoms with Crippen LogP contribution in [0.1, 0.15) is 11.1 Å². The first-order chi connectivity index (χ1) is 8.57. The van der Waals surface area contributed by atoms with Crippen LogP contribution >= 0.6 is 11.8 Å². The Labute approximate surface area is 107 Å². The number of rotatable bonds is 3.